The number of esters is 1. The number of carbonyl (C=O) groups excluding carboxylic acids is 1. The number of aromatic nitrogens is 1. The van der Waals surface area contributed by atoms with Gasteiger partial charge in [-0.1, -0.05) is 0 Å². The smallest absolute Gasteiger partial charge is 0.397 e. The summed E-state index contributed by atoms with van der Waals surface area (Å²) < 4.78 is 54.0. The Hall–Kier alpha value is -1.83. The van der Waals surface area contributed by atoms with Crippen molar-refractivity contribution >= 4 is 5.97 Å². The Balaban J connectivity index is 1.80. The van der Waals surface area contributed by atoms with E-state index in [0.717, 1.165) is 0 Å². The molecule has 1 saturated heterocycles. The number of alkyl halides is 3. The molecule has 0 spiro atoms. The number of rotatable bonds is 5. The second kappa shape index (κ2) is 5.67. The van der Waals surface area contributed by atoms with Gasteiger partial charge in [0.2, 0.25) is 5.88 Å². The highest BCUT2D eigenvalue weighted by Gasteiger charge is 2.64. The van der Waals surface area contributed by atoms with Crippen molar-refractivity contribution in [3.8, 4) is 5.88 Å². The van der Waals surface area contributed by atoms with Crippen molar-refractivity contribution in [2.75, 3.05) is 26.9 Å². The third kappa shape index (κ3) is 2.99. The van der Waals surface area contributed by atoms with Crippen molar-refractivity contribution in [2.45, 2.75) is 24.9 Å². The third-order valence-electron chi connectivity index (χ3n) is 4.32. The molecule has 126 valence electrons. The first-order valence-electron chi connectivity index (χ1n) is 7.22. The maximum Gasteiger partial charge on any atom is 0.397 e. The molecular weight excluding hydrogens is 315 g/mol. The zero-order chi connectivity index (χ0) is 16.7. The van der Waals surface area contributed by atoms with E-state index >= 15 is 0 Å². The van der Waals surface area contributed by atoms with Gasteiger partial charge in [0.1, 0.15) is 12.0 Å². The quantitative estimate of drug-likeness (QED) is 0.777. The number of carbonyl (C=O) groups is 1. The van der Waals surface area contributed by atoms with E-state index in [0.29, 0.717) is 18.8 Å². The molecule has 0 unspecified atom stereocenters. The molecule has 23 heavy (non-hydrogen) atoms. The molecule has 5 nitrogen and oxygen atoms in total. The first-order chi connectivity index (χ1) is 10.9. The molecule has 0 amide bonds. The van der Waals surface area contributed by atoms with Crippen LogP contribution in [0, 0.1) is 5.41 Å². The van der Waals surface area contributed by atoms with Gasteiger partial charge in [-0.2, -0.15) is 13.2 Å². The van der Waals surface area contributed by atoms with Crippen LogP contribution in [0.15, 0.2) is 12.3 Å². The maximum atomic E-state index is 13.0. The van der Waals surface area contributed by atoms with Gasteiger partial charge in [0.25, 0.3) is 0 Å². The molecule has 0 atom stereocenters. The Bertz CT molecular complexity index is 609. The monoisotopic (exact) mass is 331 g/mol. The minimum Gasteiger partial charge on any atom is -0.477 e. The van der Waals surface area contributed by atoms with Gasteiger partial charge in [0.05, 0.1) is 25.9 Å². The summed E-state index contributed by atoms with van der Waals surface area (Å²) in [5.74, 6) is -0.468. The van der Waals surface area contributed by atoms with Crippen LogP contribution in [0.2, 0.25) is 0 Å². The zero-order valence-corrected chi connectivity index (χ0v) is 12.5. The Labute approximate surface area is 130 Å². The SMILES string of the molecule is COC(=O)c1cnc(OCC2(C(F)(F)F)CC2)c(C2COC2)c1. The fourth-order valence-electron chi connectivity index (χ4n) is 2.39. The molecule has 0 radical (unpaired) electrons. The summed E-state index contributed by atoms with van der Waals surface area (Å²) in [5, 5.41) is 0. The van der Waals surface area contributed by atoms with Crippen LogP contribution in [0.5, 0.6) is 5.88 Å². The largest absolute Gasteiger partial charge is 0.477 e. The fraction of sp³-hybridized carbons (Fsp3) is 0.600. The molecule has 0 N–H and O–H groups in total. The van der Waals surface area contributed by atoms with Crippen molar-refractivity contribution in [1.29, 1.82) is 0 Å². The number of pyridine rings is 1. The van der Waals surface area contributed by atoms with Gasteiger partial charge in [0, 0.05) is 17.7 Å². The van der Waals surface area contributed by atoms with Gasteiger partial charge < -0.3 is 14.2 Å². The van der Waals surface area contributed by atoms with Crippen LogP contribution in [-0.4, -0.2) is 44.1 Å². The lowest BCUT2D eigenvalue weighted by Crippen LogP contribution is -2.31. The van der Waals surface area contributed by atoms with Gasteiger partial charge in [0.15, 0.2) is 0 Å². The minimum atomic E-state index is -4.28. The fourth-order valence-corrected chi connectivity index (χ4v) is 2.39. The Morgan fingerprint density at radius 3 is 2.61 bits per heavy atom. The van der Waals surface area contributed by atoms with Crippen LogP contribution in [0.25, 0.3) is 0 Å². The molecule has 1 aliphatic carbocycles. The molecule has 2 aliphatic rings. The molecule has 2 heterocycles. The van der Waals surface area contributed by atoms with Crippen molar-refractivity contribution in [1.82, 2.24) is 4.98 Å². The van der Waals surface area contributed by atoms with E-state index in [-0.39, 0.29) is 30.2 Å². The molecule has 0 bridgehead atoms. The van der Waals surface area contributed by atoms with Crippen LogP contribution >= 0.6 is 0 Å². The van der Waals surface area contributed by atoms with E-state index in [9.17, 15) is 18.0 Å². The van der Waals surface area contributed by atoms with Crippen LogP contribution < -0.4 is 4.74 Å². The van der Waals surface area contributed by atoms with Crippen LogP contribution in [0.4, 0.5) is 13.2 Å². The van der Waals surface area contributed by atoms with E-state index in [1.54, 1.807) is 6.07 Å². The summed E-state index contributed by atoms with van der Waals surface area (Å²) in [7, 11) is 1.25. The average molecular weight is 331 g/mol. The molecule has 1 aromatic rings. The lowest BCUT2D eigenvalue weighted by Gasteiger charge is -2.28. The second-order valence-electron chi connectivity index (χ2n) is 5.91. The summed E-state index contributed by atoms with van der Waals surface area (Å²) in [6.07, 6.45) is -2.90. The van der Waals surface area contributed by atoms with Gasteiger partial charge >= 0.3 is 12.1 Å². The van der Waals surface area contributed by atoms with Gasteiger partial charge in [-0.05, 0) is 18.9 Å². The number of nitrogens with zero attached hydrogens (tertiary/aromatic N) is 1. The van der Waals surface area contributed by atoms with E-state index in [2.05, 4.69) is 9.72 Å². The van der Waals surface area contributed by atoms with Crippen molar-refractivity contribution in [3.63, 3.8) is 0 Å². The number of methoxy groups -OCH3 is 1. The number of hydrogen-bond acceptors (Lipinski definition) is 5. The minimum absolute atomic E-state index is 0.0388. The Morgan fingerprint density at radius 2 is 2.13 bits per heavy atom. The van der Waals surface area contributed by atoms with Gasteiger partial charge in [-0.3, -0.25) is 0 Å². The van der Waals surface area contributed by atoms with E-state index in [1.165, 1.54) is 13.3 Å². The summed E-state index contributed by atoms with van der Waals surface area (Å²) in [5.41, 5.74) is -0.945. The molecule has 8 heteroatoms. The third-order valence-corrected chi connectivity index (χ3v) is 4.32. The topological polar surface area (TPSA) is 57.7 Å². The first kappa shape index (κ1) is 16.0. The highest BCUT2D eigenvalue weighted by Crippen LogP contribution is 2.57. The number of ether oxygens (including phenoxy) is 3. The standard InChI is InChI=1S/C15H16F3NO4/c1-21-13(20)9-4-11(10-6-22-7-10)12(19-5-9)23-8-14(2-3-14)15(16,17)18/h4-5,10H,2-3,6-8H2,1H3. The van der Waals surface area contributed by atoms with Crippen molar-refractivity contribution in [3.05, 3.63) is 23.4 Å². The predicted molar refractivity (Wildman–Crippen MR) is 72.4 cm³/mol. The molecule has 2 fully saturated rings. The van der Waals surface area contributed by atoms with Gasteiger partial charge in [-0.25, -0.2) is 9.78 Å². The molecule has 0 aromatic carbocycles. The maximum absolute atomic E-state index is 13.0. The lowest BCUT2D eigenvalue weighted by atomic mass is 9.97. The van der Waals surface area contributed by atoms with Crippen LogP contribution in [0.1, 0.15) is 34.7 Å². The zero-order valence-electron chi connectivity index (χ0n) is 12.5. The molecule has 1 aliphatic heterocycles. The van der Waals surface area contributed by atoms with Crippen molar-refractivity contribution < 1.29 is 32.2 Å². The normalized spacial score (nSPS) is 19.8. The second-order valence-corrected chi connectivity index (χ2v) is 5.91. The highest BCUT2D eigenvalue weighted by atomic mass is 19.4. The summed E-state index contributed by atoms with van der Waals surface area (Å²) in [6, 6.07) is 1.55. The molecule has 1 saturated carbocycles. The number of hydrogen-bond donors (Lipinski definition) is 0. The molecule has 1 aromatic heterocycles. The average Bonchev–Trinajstić information content (AvgIpc) is 3.24. The summed E-state index contributed by atoms with van der Waals surface area (Å²) in [4.78, 5) is 15.6. The molecule has 3 rings (SSSR count). The number of halogens is 3. The summed E-state index contributed by atoms with van der Waals surface area (Å²) >= 11 is 0. The molecular formula is C15H16F3NO4. The summed E-state index contributed by atoms with van der Waals surface area (Å²) in [6.45, 7) is 0.391. The van der Waals surface area contributed by atoms with E-state index in [1.807, 2.05) is 0 Å². The Kier molecular flexibility index (Phi) is 3.95. The van der Waals surface area contributed by atoms with Gasteiger partial charge in [-0.15, -0.1) is 0 Å². The highest BCUT2D eigenvalue weighted by molar-refractivity contribution is 5.89. The van der Waals surface area contributed by atoms with Crippen molar-refractivity contribution in [2.24, 2.45) is 5.41 Å². The Morgan fingerprint density at radius 1 is 1.43 bits per heavy atom. The first-order valence-corrected chi connectivity index (χ1v) is 7.22. The lowest BCUT2D eigenvalue weighted by molar-refractivity contribution is -0.194. The predicted octanol–water partition coefficient (Wildman–Crippen LogP) is 2.70. The van der Waals surface area contributed by atoms with Crippen LogP contribution in [-0.2, 0) is 9.47 Å². The van der Waals surface area contributed by atoms with E-state index < -0.39 is 24.2 Å². The van der Waals surface area contributed by atoms with Crippen LogP contribution in [0.3, 0.4) is 0 Å². The van der Waals surface area contributed by atoms with E-state index in [4.69, 9.17) is 9.47 Å².